The van der Waals surface area contributed by atoms with Gasteiger partial charge >= 0.3 is 65.5 Å². The van der Waals surface area contributed by atoms with Crippen molar-refractivity contribution in [3.05, 3.63) is 146 Å². The first-order valence-corrected chi connectivity index (χ1v) is 28.2. The standard InChI is InChI=1S/C17H23BN2O3.C16H20N2O2.C11H12BNO2.C10H9NO.C6H12ClNO.CH2O3.4ClH.2K/c1-18(21)19-16-6-7-17(15-5-3-2-4-14(15)16)23-13-10-20-8-11-22-12-9-20;17-15-5-6-16(14-4-2-1-3-13(14)15)20-12-9-18-7-10-19-11-8-18;1-12(15)13-10-6-7-11(14)9-5-3-2-4-8(9)10;11-9-5-6-10(12)8-4-2-1-3-7(8)9;7-1-2-8-3-5-9-6-4-8;2-1-4-3;;;;;;/h2-7,19,21H,8-13H2,1H3;1-6H,7-12,17H2;2-7,13-15H,1H3;1-6,12H,11H2;1-6H2;1,3H;4*1H;;/q;;;;;;;;;;;+1/p-1. The minimum absolute atomic E-state index is 0. The summed E-state index contributed by atoms with van der Waals surface area (Å²) < 4.78 is 27.8. The van der Waals surface area contributed by atoms with Gasteiger partial charge < -0.3 is 76.0 Å². The number of carbonyl (C=O) groups excluding carboxylic acids is 1. The Labute approximate surface area is 637 Å². The van der Waals surface area contributed by atoms with E-state index in [0.717, 1.165) is 176 Å². The minimum Gasteiger partial charge on any atom is -0.662 e. The van der Waals surface area contributed by atoms with Crippen molar-refractivity contribution < 1.29 is 110 Å². The SMILES string of the molecule is CB(O)Nc1ccc(O)c2ccccc12.CB(O)Nc1ccc(OCCN2CCOCC2)c2ccccc12.Cl.Cl.Cl.Cl.ClCCN1CCOCC1.Nc1ccc(O)c2ccccc12.Nc1ccc(OCCN2CCOCC2)c2ccccc12.O=CO[O-].[K+].[K]. The van der Waals surface area contributed by atoms with E-state index in [1.54, 1.807) is 37.9 Å². The number of nitrogens with zero attached hydrogens (tertiary/aromatic N) is 3. The van der Waals surface area contributed by atoms with Gasteiger partial charge in [-0.1, -0.05) is 97.1 Å². The van der Waals surface area contributed by atoms with E-state index < -0.39 is 14.1 Å². The van der Waals surface area contributed by atoms with Gasteiger partial charge in [-0.25, -0.2) is 0 Å². The van der Waals surface area contributed by atoms with Crippen LogP contribution in [0.5, 0.6) is 23.0 Å². The molecule has 3 aliphatic heterocycles. The van der Waals surface area contributed by atoms with Crippen LogP contribution in [0, 0.1) is 0 Å². The van der Waals surface area contributed by atoms with Crippen molar-refractivity contribution in [2.45, 2.75) is 13.6 Å². The molecule has 0 aliphatic carbocycles. The van der Waals surface area contributed by atoms with E-state index in [4.69, 9.17) is 56.8 Å². The van der Waals surface area contributed by atoms with Gasteiger partial charge in [-0.15, -0.1) is 61.2 Å². The van der Waals surface area contributed by atoms with Gasteiger partial charge in [0.1, 0.15) is 36.2 Å². The summed E-state index contributed by atoms with van der Waals surface area (Å²) >= 11 is 5.55. The van der Waals surface area contributed by atoms with Crippen molar-refractivity contribution in [2.24, 2.45) is 0 Å². The second kappa shape index (κ2) is 48.8. The van der Waals surface area contributed by atoms with Crippen molar-refractivity contribution in [1.82, 2.24) is 14.7 Å². The molecule has 8 aromatic carbocycles. The number of phenolic OH excluding ortho intramolecular Hbond substituents is 2. The maximum absolute atomic E-state index is 9.64. The van der Waals surface area contributed by atoms with Gasteiger partial charge in [0.2, 0.25) is 0 Å². The van der Waals surface area contributed by atoms with Crippen LogP contribution in [0.2, 0.25) is 13.6 Å². The van der Waals surface area contributed by atoms with Crippen LogP contribution < -0.4 is 88.0 Å². The monoisotopic (exact) mass is 1380 g/mol. The molecule has 475 valence electrons. The second-order valence-corrected chi connectivity index (χ2v) is 19.7. The van der Waals surface area contributed by atoms with Crippen LogP contribution in [-0.4, -0.2) is 225 Å². The first-order valence-electron chi connectivity index (χ1n) is 27.7. The predicted molar refractivity (Wildman–Crippen MR) is 368 cm³/mol. The van der Waals surface area contributed by atoms with Crippen LogP contribution in [0.15, 0.2) is 146 Å². The number of hydrogen-bond donors (Lipinski definition) is 8. The third-order valence-corrected chi connectivity index (χ3v) is 13.6. The number of hydrogen-bond acceptors (Lipinski definition) is 19. The molecule has 3 fully saturated rings. The van der Waals surface area contributed by atoms with E-state index in [1.165, 1.54) is 0 Å². The van der Waals surface area contributed by atoms with E-state index in [2.05, 4.69) is 36.1 Å². The number of nitrogens with one attached hydrogen (secondary N) is 2. The molecule has 8 aromatic rings. The number of carbonyl (C=O) groups is 1. The van der Waals surface area contributed by atoms with E-state index in [0.29, 0.717) is 18.9 Å². The number of alkyl halides is 1. The zero-order chi connectivity index (χ0) is 59.2. The van der Waals surface area contributed by atoms with Crippen molar-refractivity contribution in [1.29, 1.82) is 0 Å². The fraction of sp³-hybridized carbons (Fsp3) is 0.328. The first-order chi connectivity index (χ1) is 40.4. The second-order valence-electron chi connectivity index (χ2n) is 19.3. The molecule has 0 amide bonds. The van der Waals surface area contributed by atoms with Gasteiger partial charge in [0, 0.05) is 182 Å². The van der Waals surface area contributed by atoms with Crippen molar-refractivity contribution in [3.8, 4) is 23.0 Å². The molecule has 0 spiro atoms. The number of phenols is 2. The minimum atomic E-state index is -0.613. The number of rotatable bonds is 15. The van der Waals surface area contributed by atoms with Gasteiger partial charge in [-0.2, -0.15) is 0 Å². The molecule has 0 saturated carbocycles. The summed E-state index contributed by atoms with van der Waals surface area (Å²) in [6.45, 7) is 18.4. The fourth-order valence-corrected chi connectivity index (χ4v) is 9.51. The molecule has 1 radical (unpaired) electrons. The number of fused-ring (bicyclic) bond motifs is 4. The Bertz CT molecular complexity index is 3180. The molecule has 11 rings (SSSR count). The summed E-state index contributed by atoms with van der Waals surface area (Å²) in [5, 5.41) is 59.9. The fourth-order valence-electron chi connectivity index (χ4n) is 9.27. The van der Waals surface area contributed by atoms with E-state index in [1.807, 2.05) is 115 Å². The Hall–Kier alpha value is -2.84. The molecular formula is C61H81B2Cl5K2N7O12. The topological polar surface area (TPSA) is 262 Å². The van der Waals surface area contributed by atoms with Crippen molar-refractivity contribution >= 4 is 199 Å². The van der Waals surface area contributed by atoms with E-state index in [9.17, 15) is 20.3 Å². The first kappa shape index (κ1) is 86.2. The number of morpholine rings is 3. The van der Waals surface area contributed by atoms with Crippen LogP contribution >= 0.6 is 61.2 Å². The molecule has 10 N–H and O–H groups in total. The van der Waals surface area contributed by atoms with Crippen LogP contribution in [0.4, 0.5) is 22.7 Å². The third-order valence-electron chi connectivity index (χ3n) is 13.4. The molecule has 89 heavy (non-hydrogen) atoms. The smallest absolute Gasteiger partial charge is 0.662 e. The molecule has 0 unspecified atom stereocenters. The molecule has 0 bridgehead atoms. The van der Waals surface area contributed by atoms with E-state index >= 15 is 0 Å². The molecule has 28 heteroatoms. The predicted octanol–water partition coefficient (Wildman–Crippen LogP) is 5.70. The number of nitrogens with two attached hydrogens (primary N) is 2. The van der Waals surface area contributed by atoms with Gasteiger partial charge in [0.05, 0.1) is 39.6 Å². The van der Waals surface area contributed by atoms with Crippen LogP contribution in [0.3, 0.4) is 0 Å². The molecule has 0 atom stereocenters. The molecule has 3 saturated heterocycles. The summed E-state index contributed by atoms with van der Waals surface area (Å²) in [6.07, 6.45) is 0. The summed E-state index contributed by atoms with van der Waals surface area (Å²) in [6, 6.07) is 45.7. The number of anilines is 4. The zero-order valence-corrected chi connectivity index (χ0v) is 61.1. The quantitative estimate of drug-likeness (QED) is 0.0116. The molecule has 19 nitrogen and oxygen atoms in total. The van der Waals surface area contributed by atoms with Crippen LogP contribution in [-0.2, 0) is 23.9 Å². The van der Waals surface area contributed by atoms with Crippen molar-refractivity contribution in [3.63, 3.8) is 0 Å². The van der Waals surface area contributed by atoms with Gasteiger partial charge in [0.15, 0.2) is 0 Å². The summed E-state index contributed by atoms with van der Waals surface area (Å²) in [4.78, 5) is 18.3. The maximum atomic E-state index is 9.64. The Kier molecular flexibility index (Phi) is 47.3. The van der Waals surface area contributed by atoms with Crippen LogP contribution in [0.25, 0.3) is 43.1 Å². The van der Waals surface area contributed by atoms with E-state index in [-0.39, 0.29) is 170 Å². The molecule has 3 heterocycles. The Morgan fingerprint density at radius 1 is 0.506 bits per heavy atom. The molecule has 3 aliphatic rings. The average molecular weight is 1380 g/mol. The Morgan fingerprint density at radius 3 is 1.18 bits per heavy atom. The Morgan fingerprint density at radius 2 is 0.798 bits per heavy atom. The number of aromatic hydroxyl groups is 2. The molecule has 0 aromatic heterocycles. The average Bonchev–Trinajstić information content (AvgIpc) is 3.56. The van der Waals surface area contributed by atoms with Gasteiger partial charge in [-0.3, -0.25) is 19.5 Å². The normalized spacial score (nSPS) is 13.3. The molecular weight excluding hydrogens is 1300 g/mol. The summed E-state index contributed by atoms with van der Waals surface area (Å²) in [7, 11) is -1.20. The largest absolute Gasteiger partial charge is 1.00 e. The summed E-state index contributed by atoms with van der Waals surface area (Å²) in [5.74, 6) is 3.05. The van der Waals surface area contributed by atoms with Crippen molar-refractivity contribution in [2.75, 3.05) is 140 Å². The third kappa shape index (κ3) is 29.6. The van der Waals surface area contributed by atoms with Gasteiger partial charge in [-0.05, 0) is 62.2 Å². The number of nitrogen functional groups attached to an aromatic ring is 2. The van der Waals surface area contributed by atoms with Crippen LogP contribution in [0.1, 0.15) is 0 Å². The summed E-state index contributed by atoms with van der Waals surface area (Å²) in [5.41, 5.74) is 14.9. The zero-order valence-electron chi connectivity index (χ0n) is 50.9. The Balaban J connectivity index is 0.00000108. The van der Waals surface area contributed by atoms with Gasteiger partial charge in [0.25, 0.3) is 6.47 Å². The number of halogens is 5. The number of benzene rings is 8. The number of ether oxygens (including phenoxy) is 5. The maximum Gasteiger partial charge on any atom is 1.00 e.